The zero-order chi connectivity index (χ0) is 9.61. The third-order valence-corrected chi connectivity index (χ3v) is 1.91. The topological polar surface area (TPSA) is 72.5 Å². The van der Waals surface area contributed by atoms with Crippen LogP contribution in [-0.2, 0) is 21.1 Å². The van der Waals surface area contributed by atoms with Crippen LogP contribution < -0.4 is 5.50 Å². The van der Waals surface area contributed by atoms with Gasteiger partial charge in [0, 0.05) is 6.42 Å². The summed E-state index contributed by atoms with van der Waals surface area (Å²) in [5.74, 6) is -0.503. The zero-order valence-electron chi connectivity index (χ0n) is 7.02. The maximum atomic E-state index is 10.8. The van der Waals surface area contributed by atoms with Gasteiger partial charge in [0.2, 0.25) is 0 Å². The zero-order valence-corrected chi connectivity index (χ0v) is 8.74. The van der Waals surface area contributed by atoms with Crippen molar-refractivity contribution in [2.75, 3.05) is 0 Å². The molecule has 0 fully saturated rings. The third kappa shape index (κ3) is 8.14. The smallest absolute Gasteiger partial charge is 0.311 e. The lowest BCUT2D eigenvalue weighted by atomic mass is 10.2. The molecule has 0 rings (SSSR count). The number of rotatable bonds is 5. The fourth-order valence-corrected chi connectivity index (χ4v) is 1.34. The molecule has 72 valence electrons. The molecule has 1 unspecified atom stereocenters. The van der Waals surface area contributed by atoms with Crippen molar-refractivity contribution in [2.45, 2.75) is 32.6 Å². The molecule has 0 saturated carbocycles. The highest BCUT2D eigenvalue weighted by molar-refractivity contribution is 8.08. The van der Waals surface area contributed by atoms with E-state index in [4.69, 9.17) is 10.4 Å². The molecule has 0 spiro atoms. The van der Waals surface area contributed by atoms with Gasteiger partial charge in [0.1, 0.15) is 0 Å². The molecule has 0 bridgehead atoms. The molecule has 0 heterocycles. The first-order valence-electron chi connectivity index (χ1n) is 3.79. The van der Waals surface area contributed by atoms with Gasteiger partial charge in [-0.1, -0.05) is 19.8 Å². The Bertz CT molecular complexity index is 191. The van der Waals surface area contributed by atoms with Crippen molar-refractivity contribution in [1.82, 2.24) is 0 Å². The minimum absolute atomic E-state index is 0.282. The molecular weight excluding hydrogens is 197 g/mol. The second-order valence-corrected chi connectivity index (χ2v) is 5.36. The molecule has 0 aromatic rings. The standard InChI is InChI=1S/C6H14NO3PS/c1-2-3-4-5-6(8)10-11(7,9)12/h2-5H2,1H3,(H3,7,9,12). The van der Waals surface area contributed by atoms with Crippen molar-refractivity contribution in [3.63, 3.8) is 0 Å². The fraction of sp³-hybridized carbons (Fsp3) is 0.833. The lowest BCUT2D eigenvalue weighted by Crippen LogP contribution is -2.06. The van der Waals surface area contributed by atoms with E-state index in [0.29, 0.717) is 0 Å². The normalized spacial score (nSPS) is 15.2. The molecule has 0 aliphatic heterocycles. The van der Waals surface area contributed by atoms with E-state index in [1.165, 1.54) is 0 Å². The maximum Gasteiger partial charge on any atom is 0.311 e. The van der Waals surface area contributed by atoms with Gasteiger partial charge in [0.25, 0.3) is 0 Å². The summed E-state index contributed by atoms with van der Waals surface area (Å²) < 4.78 is 4.40. The van der Waals surface area contributed by atoms with Crippen LogP contribution in [0.15, 0.2) is 0 Å². The highest BCUT2D eigenvalue weighted by Crippen LogP contribution is 2.32. The molecule has 3 N–H and O–H groups in total. The summed E-state index contributed by atoms with van der Waals surface area (Å²) in [4.78, 5) is 19.6. The minimum Gasteiger partial charge on any atom is -0.401 e. The summed E-state index contributed by atoms with van der Waals surface area (Å²) in [6, 6.07) is 0. The van der Waals surface area contributed by atoms with E-state index in [0.717, 1.165) is 19.3 Å². The van der Waals surface area contributed by atoms with Crippen LogP contribution in [0, 0.1) is 0 Å². The predicted molar refractivity (Wildman–Crippen MR) is 50.9 cm³/mol. The first-order valence-corrected chi connectivity index (χ1v) is 6.53. The Morgan fingerprint density at radius 2 is 2.25 bits per heavy atom. The number of unbranched alkanes of at least 4 members (excludes halogenated alkanes) is 2. The fourth-order valence-electron chi connectivity index (χ4n) is 0.711. The van der Waals surface area contributed by atoms with Crippen LogP contribution in [0.3, 0.4) is 0 Å². The second-order valence-electron chi connectivity index (χ2n) is 2.48. The molecule has 4 nitrogen and oxygen atoms in total. The van der Waals surface area contributed by atoms with Crippen LogP contribution >= 0.6 is 6.64 Å². The number of hydrogen-bond acceptors (Lipinski definition) is 3. The van der Waals surface area contributed by atoms with E-state index in [9.17, 15) is 4.79 Å². The number of nitrogens with two attached hydrogens (primary N) is 1. The largest absolute Gasteiger partial charge is 0.401 e. The van der Waals surface area contributed by atoms with E-state index in [1.807, 2.05) is 6.92 Å². The van der Waals surface area contributed by atoms with E-state index >= 15 is 0 Å². The molecule has 0 aliphatic rings. The third-order valence-electron chi connectivity index (χ3n) is 1.22. The van der Waals surface area contributed by atoms with Crippen molar-refractivity contribution in [3.8, 4) is 0 Å². The van der Waals surface area contributed by atoms with Crippen LogP contribution in [0.4, 0.5) is 0 Å². The molecule has 0 aromatic carbocycles. The van der Waals surface area contributed by atoms with Crippen LogP contribution in [0.2, 0.25) is 0 Å². The average molecular weight is 211 g/mol. The van der Waals surface area contributed by atoms with Gasteiger partial charge in [0.15, 0.2) is 0 Å². The molecule has 0 radical (unpaired) electrons. The van der Waals surface area contributed by atoms with Gasteiger partial charge in [-0.15, -0.1) is 0 Å². The van der Waals surface area contributed by atoms with Gasteiger partial charge in [-0.3, -0.25) is 4.79 Å². The lowest BCUT2D eigenvalue weighted by Gasteiger charge is -2.08. The van der Waals surface area contributed by atoms with E-state index in [1.54, 1.807) is 0 Å². The van der Waals surface area contributed by atoms with Gasteiger partial charge in [0.05, 0.1) is 0 Å². The Balaban J connectivity index is 3.54. The van der Waals surface area contributed by atoms with Gasteiger partial charge >= 0.3 is 12.6 Å². The first kappa shape index (κ1) is 12.0. The molecule has 0 aromatic heterocycles. The Hall–Kier alpha value is 0.0400. The number of hydrogen-bond donors (Lipinski definition) is 2. The first-order chi connectivity index (χ1) is 5.45. The van der Waals surface area contributed by atoms with Crippen LogP contribution in [0.5, 0.6) is 0 Å². The molecule has 0 amide bonds. The van der Waals surface area contributed by atoms with Gasteiger partial charge < -0.3 is 9.42 Å². The van der Waals surface area contributed by atoms with Crippen LogP contribution in [-0.4, -0.2) is 10.9 Å². The van der Waals surface area contributed by atoms with Crippen molar-refractivity contribution in [3.05, 3.63) is 0 Å². The van der Waals surface area contributed by atoms with Crippen molar-refractivity contribution in [1.29, 1.82) is 0 Å². The number of carbonyl (C=O) groups excluding carboxylic acids is 1. The summed E-state index contributed by atoms with van der Waals surface area (Å²) in [5.41, 5.74) is 4.98. The van der Waals surface area contributed by atoms with Crippen molar-refractivity contribution < 1.29 is 14.2 Å². The highest BCUT2D eigenvalue weighted by Gasteiger charge is 2.12. The summed E-state index contributed by atoms with van der Waals surface area (Å²) in [6.07, 6.45) is 3.03. The molecule has 12 heavy (non-hydrogen) atoms. The van der Waals surface area contributed by atoms with Crippen LogP contribution in [0.25, 0.3) is 0 Å². The van der Waals surface area contributed by atoms with E-state index in [-0.39, 0.29) is 6.42 Å². The van der Waals surface area contributed by atoms with Gasteiger partial charge in [-0.25, -0.2) is 5.50 Å². The van der Waals surface area contributed by atoms with Crippen LogP contribution in [0.1, 0.15) is 32.6 Å². The summed E-state index contributed by atoms with van der Waals surface area (Å²) >= 11 is 4.34. The Kier molecular flexibility index (Phi) is 5.66. The summed E-state index contributed by atoms with van der Waals surface area (Å²) in [5, 5.41) is 0. The highest BCUT2D eigenvalue weighted by atomic mass is 32.5. The van der Waals surface area contributed by atoms with Gasteiger partial charge in [-0.05, 0) is 18.2 Å². The molecule has 0 saturated heterocycles. The van der Waals surface area contributed by atoms with Crippen molar-refractivity contribution >= 4 is 24.4 Å². The maximum absolute atomic E-state index is 10.8. The van der Waals surface area contributed by atoms with E-state index < -0.39 is 12.6 Å². The molecular formula is C6H14NO3PS. The predicted octanol–water partition coefficient (Wildman–Crippen LogP) is 1.29. The molecule has 6 heteroatoms. The molecule has 0 aliphatic carbocycles. The Morgan fingerprint density at radius 1 is 1.67 bits per heavy atom. The quantitative estimate of drug-likeness (QED) is 0.529. The average Bonchev–Trinajstić information content (AvgIpc) is 1.84. The van der Waals surface area contributed by atoms with Crippen molar-refractivity contribution in [2.24, 2.45) is 5.50 Å². The Labute approximate surface area is 77.3 Å². The monoisotopic (exact) mass is 211 g/mol. The SMILES string of the molecule is CCCCCC(=O)OP(N)(O)=S. The minimum atomic E-state index is -3.29. The van der Waals surface area contributed by atoms with E-state index in [2.05, 4.69) is 16.3 Å². The molecule has 1 atom stereocenters. The second kappa shape index (κ2) is 5.65. The Morgan fingerprint density at radius 3 is 2.67 bits per heavy atom. The summed E-state index contributed by atoms with van der Waals surface area (Å²) in [7, 11) is 0. The summed E-state index contributed by atoms with van der Waals surface area (Å²) in [6.45, 7) is -1.25. The lowest BCUT2D eigenvalue weighted by molar-refractivity contribution is -0.134. The van der Waals surface area contributed by atoms with Gasteiger partial charge in [-0.2, -0.15) is 0 Å². The number of carbonyl (C=O) groups is 1.